The number of nitrogens with zero attached hydrogens (tertiary/aromatic N) is 1. The third-order valence-electron chi connectivity index (χ3n) is 1.98. The number of methoxy groups -OCH3 is 1. The maximum atomic E-state index is 10.5. The maximum Gasteiger partial charge on any atom is 0.169 e. The summed E-state index contributed by atoms with van der Waals surface area (Å²) in [6.07, 6.45) is 0.745. The molecule has 0 aliphatic rings. The molecule has 0 bridgehead atoms. The molecule has 76 valence electrons. The third kappa shape index (κ3) is 1.89. The molecular weight excluding hydrogens is 210 g/mol. The van der Waals surface area contributed by atoms with Gasteiger partial charge in [0.25, 0.3) is 0 Å². The van der Waals surface area contributed by atoms with E-state index in [-0.39, 0.29) is 0 Å². The summed E-state index contributed by atoms with van der Waals surface area (Å²) in [7, 11) is 1.62. The predicted octanol–water partition coefficient (Wildman–Crippen LogP) is 2.63. The molecule has 0 atom stereocenters. The van der Waals surface area contributed by atoms with E-state index < -0.39 is 0 Å². The minimum atomic E-state index is 0.459. The largest absolute Gasteiger partial charge is 0.496 e. The Morgan fingerprint density at radius 1 is 1.40 bits per heavy atom. The van der Waals surface area contributed by atoms with Crippen LogP contribution in [0.1, 0.15) is 10.5 Å². The summed E-state index contributed by atoms with van der Waals surface area (Å²) >= 11 is 1.43. The highest BCUT2D eigenvalue weighted by Crippen LogP contribution is 2.31. The quantitative estimate of drug-likeness (QED) is 0.745. The van der Waals surface area contributed by atoms with Crippen molar-refractivity contribution in [3.8, 4) is 16.3 Å². The van der Waals surface area contributed by atoms with E-state index in [1.165, 1.54) is 11.3 Å². The molecule has 0 amide bonds. The number of aromatic nitrogens is 1. The van der Waals surface area contributed by atoms with E-state index in [0.29, 0.717) is 5.69 Å². The number of hydrogen-bond acceptors (Lipinski definition) is 4. The number of benzene rings is 1. The van der Waals surface area contributed by atoms with Crippen molar-refractivity contribution >= 4 is 17.6 Å². The number of rotatable bonds is 3. The SMILES string of the molecule is COc1ccccc1-c1nc(C=O)cs1. The first-order valence-electron chi connectivity index (χ1n) is 4.39. The zero-order valence-corrected chi connectivity index (χ0v) is 8.95. The van der Waals surface area contributed by atoms with Crippen LogP contribution < -0.4 is 4.74 Å². The van der Waals surface area contributed by atoms with Crippen LogP contribution in [-0.4, -0.2) is 18.4 Å². The standard InChI is InChI=1S/C11H9NO2S/c1-14-10-5-3-2-4-9(10)11-12-8(6-13)7-15-11/h2-7H,1H3. The Hall–Kier alpha value is -1.68. The summed E-state index contributed by atoms with van der Waals surface area (Å²) in [5.74, 6) is 0.768. The van der Waals surface area contributed by atoms with Crippen molar-refractivity contribution in [3.05, 3.63) is 35.3 Å². The van der Waals surface area contributed by atoms with Crippen molar-refractivity contribution in [2.75, 3.05) is 7.11 Å². The number of ether oxygens (including phenoxy) is 1. The molecule has 0 N–H and O–H groups in total. The van der Waals surface area contributed by atoms with Crippen LogP contribution in [0.3, 0.4) is 0 Å². The average Bonchev–Trinajstić information content (AvgIpc) is 2.77. The molecular formula is C11H9NO2S. The molecule has 3 nitrogen and oxygen atoms in total. The molecule has 0 spiro atoms. The average molecular weight is 219 g/mol. The molecule has 0 fully saturated rings. The predicted molar refractivity (Wildman–Crippen MR) is 59.5 cm³/mol. The minimum Gasteiger partial charge on any atom is -0.496 e. The zero-order valence-electron chi connectivity index (χ0n) is 8.14. The number of thiazole rings is 1. The van der Waals surface area contributed by atoms with Gasteiger partial charge in [0, 0.05) is 5.38 Å². The van der Waals surface area contributed by atoms with Gasteiger partial charge in [0.05, 0.1) is 12.7 Å². The molecule has 2 aromatic rings. The zero-order chi connectivity index (χ0) is 10.7. The Balaban J connectivity index is 2.48. The molecule has 0 aliphatic carbocycles. The number of carbonyl (C=O) groups is 1. The normalized spacial score (nSPS) is 9.93. The van der Waals surface area contributed by atoms with E-state index in [2.05, 4.69) is 4.98 Å². The van der Waals surface area contributed by atoms with Gasteiger partial charge in [-0.1, -0.05) is 12.1 Å². The highest BCUT2D eigenvalue weighted by atomic mass is 32.1. The molecule has 0 aliphatic heterocycles. The fourth-order valence-electron chi connectivity index (χ4n) is 1.29. The number of carbonyl (C=O) groups excluding carboxylic acids is 1. The van der Waals surface area contributed by atoms with Crippen molar-refractivity contribution in [1.29, 1.82) is 0 Å². The lowest BCUT2D eigenvalue weighted by molar-refractivity contribution is 0.111. The van der Waals surface area contributed by atoms with Crippen LogP contribution in [0.2, 0.25) is 0 Å². The topological polar surface area (TPSA) is 39.2 Å². The molecule has 1 aromatic heterocycles. The first-order chi connectivity index (χ1) is 7.35. The van der Waals surface area contributed by atoms with Crippen molar-refractivity contribution in [1.82, 2.24) is 4.98 Å². The molecule has 0 unspecified atom stereocenters. The van der Waals surface area contributed by atoms with E-state index in [0.717, 1.165) is 22.6 Å². The maximum absolute atomic E-state index is 10.5. The van der Waals surface area contributed by atoms with Crippen LogP contribution in [0.15, 0.2) is 29.6 Å². The Labute approximate surface area is 91.4 Å². The van der Waals surface area contributed by atoms with Crippen LogP contribution >= 0.6 is 11.3 Å². The van der Waals surface area contributed by atoms with Gasteiger partial charge in [-0.3, -0.25) is 4.79 Å². The molecule has 1 aromatic carbocycles. The second-order valence-electron chi connectivity index (χ2n) is 2.90. The summed E-state index contributed by atoms with van der Waals surface area (Å²) in [6, 6.07) is 7.61. The smallest absolute Gasteiger partial charge is 0.169 e. The summed E-state index contributed by atoms with van der Waals surface area (Å²) in [4.78, 5) is 14.7. The van der Waals surface area contributed by atoms with Gasteiger partial charge in [-0.15, -0.1) is 11.3 Å². The minimum absolute atomic E-state index is 0.459. The lowest BCUT2D eigenvalue weighted by atomic mass is 10.2. The Bertz CT molecular complexity index is 479. The molecule has 15 heavy (non-hydrogen) atoms. The Morgan fingerprint density at radius 2 is 2.20 bits per heavy atom. The van der Waals surface area contributed by atoms with E-state index in [9.17, 15) is 4.79 Å². The summed E-state index contributed by atoms with van der Waals surface area (Å²) in [6.45, 7) is 0. The van der Waals surface area contributed by atoms with E-state index >= 15 is 0 Å². The first-order valence-corrected chi connectivity index (χ1v) is 5.27. The monoisotopic (exact) mass is 219 g/mol. The first kappa shape index (κ1) is 9.86. The van der Waals surface area contributed by atoms with Gasteiger partial charge in [-0.2, -0.15) is 0 Å². The van der Waals surface area contributed by atoms with Crippen molar-refractivity contribution in [2.45, 2.75) is 0 Å². The number of para-hydroxylation sites is 1. The van der Waals surface area contributed by atoms with Gasteiger partial charge in [-0.25, -0.2) is 4.98 Å². The van der Waals surface area contributed by atoms with Crippen LogP contribution in [0.4, 0.5) is 0 Å². The lowest BCUT2D eigenvalue weighted by Gasteiger charge is -2.04. The van der Waals surface area contributed by atoms with Crippen LogP contribution in [0.5, 0.6) is 5.75 Å². The third-order valence-corrected chi connectivity index (χ3v) is 2.87. The number of aldehydes is 1. The molecule has 0 saturated carbocycles. The van der Waals surface area contributed by atoms with E-state index in [1.807, 2.05) is 24.3 Å². The van der Waals surface area contributed by atoms with Gasteiger partial charge >= 0.3 is 0 Å². The van der Waals surface area contributed by atoms with Gasteiger partial charge in [0.1, 0.15) is 16.5 Å². The second-order valence-corrected chi connectivity index (χ2v) is 3.75. The van der Waals surface area contributed by atoms with Crippen LogP contribution in [0, 0.1) is 0 Å². The van der Waals surface area contributed by atoms with Crippen LogP contribution in [0.25, 0.3) is 10.6 Å². The van der Waals surface area contributed by atoms with Crippen molar-refractivity contribution in [2.24, 2.45) is 0 Å². The highest BCUT2D eigenvalue weighted by molar-refractivity contribution is 7.13. The molecule has 0 saturated heterocycles. The summed E-state index contributed by atoms with van der Waals surface area (Å²) < 4.78 is 5.22. The Kier molecular flexibility index (Phi) is 2.78. The summed E-state index contributed by atoms with van der Waals surface area (Å²) in [5.41, 5.74) is 1.37. The summed E-state index contributed by atoms with van der Waals surface area (Å²) in [5, 5.41) is 2.53. The fourth-order valence-corrected chi connectivity index (χ4v) is 2.08. The van der Waals surface area contributed by atoms with E-state index in [4.69, 9.17) is 4.74 Å². The van der Waals surface area contributed by atoms with Gasteiger partial charge < -0.3 is 4.74 Å². The number of hydrogen-bond donors (Lipinski definition) is 0. The van der Waals surface area contributed by atoms with Crippen molar-refractivity contribution < 1.29 is 9.53 Å². The van der Waals surface area contributed by atoms with E-state index in [1.54, 1.807) is 12.5 Å². The van der Waals surface area contributed by atoms with Gasteiger partial charge in [0.2, 0.25) is 0 Å². The van der Waals surface area contributed by atoms with Crippen LogP contribution in [-0.2, 0) is 0 Å². The Morgan fingerprint density at radius 3 is 2.87 bits per heavy atom. The highest BCUT2D eigenvalue weighted by Gasteiger charge is 2.08. The van der Waals surface area contributed by atoms with Crippen molar-refractivity contribution in [3.63, 3.8) is 0 Å². The lowest BCUT2D eigenvalue weighted by Crippen LogP contribution is -1.87. The molecule has 2 rings (SSSR count). The molecule has 0 radical (unpaired) electrons. The second kappa shape index (κ2) is 4.23. The molecule has 1 heterocycles. The molecule has 4 heteroatoms. The van der Waals surface area contributed by atoms with Gasteiger partial charge in [0.15, 0.2) is 6.29 Å². The fraction of sp³-hybridized carbons (Fsp3) is 0.0909. The van der Waals surface area contributed by atoms with Gasteiger partial charge in [-0.05, 0) is 12.1 Å².